The number of ether oxygens (including phenoxy) is 3. The first-order valence-electron chi connectivity index (χ1n) is 4.00. The van der Waals surface area contributed by atoms with E-state index in [0.717, 1.165) is 0 Å². The molecule has 0 fully saturated rings. The van der Waals surface area contributed by atoms with E-state index in [1.807, 2.05) is 0 Å². The van der Waals surface area contributed by atoms with Crippen molar-refractivity contribution in [1.82, 2.24) is 0 Å². The average Bonchev–Trinajstić information content (AvgIpc) is 2.13. The van der Waals surface area contributed by atoms with Crippen molar-refractivity contribution in [2.45, 2.75) is 6.10 Å². The van der Waals surface area contributed by atoms with Crippen LogP contribution in [0.3, 0.4) is 0 Å². The van der Waals surface area contributed by atoms with Gasteiger partial charge in [0.15, 0.2) is 6.10 Å². The van der Waals surface area contributed by atoms with E-state index >= 15 is 0 Å². The SMILES string of the molecule is C=CCOCC(COC(=O)O)OC(=O)O. The summed E-state index contributed by atoms with van der Waals surface area (Å²) < 4.78 is 13.4. The number of rotatable bonds is 7. The van der Waals surface area contributed by atoms with Crippen LogP contribution in [0.15, 0.2) is 12.7 Å². The summed E-state index contributed by atoms with van der Waals surface area (Å²) in [6.45, 7) is 3.10. The molecular formula is C8H12O7. The molecule has 0 aromatic carbocycles. The predicted molar refractivity (Wildman–Crippen MR) is 47.9 cm³/mol. The third kappa shape index (κ3) is 8.57. The molecule has 0 rings (SSSR count). The van der Waals surface area contributed by atoms with Crippen molar-refractivity contribution in [1.29, 1.82) is 0 Å². The molecule has 0 bridgehead atoms. The van der Waals surface area contributed by atoms with Crippen molar-refractivity contribution in [3.8, 4) is 0 Å². The Hall–Kier alpha value is -1.76. The lowest BCUT2D eigenvalue weighted by molar-refractivity contribution is -0.0306. The Balaban J connectivity index is 3.88. The second kappa shape index (κ2) is 7.63. The Kier molecular flexibility index (Phi) is 6.73. The van der Waals surface area contributed by atoms with Crippen molar-refractivity contribution in [2.75, 3.05) is 19.8 Å². The fraction of sp³-hybridized carbons (Fsp3) is 0.500. The van der Waals surface area contributed by atoms with E-state index in [4.69, 9.17) is 14.9 Å². The van der Waals surface area contributed by atoms with Gasteiger partial charge < -0.3 is 24.4 Å². The van der Waals surface area contributed by atoms with Gasteiger partial charge in [-0.1, -0.05) is 6.08 Å². The Labute approximate surface area is 85.9 Å². The topological polar surface area (TPSA) is 102 Å². The molecule has 7 heteroatoms. The van der Waals surface area contributed by atoms with Crippen LogP contribution in [0, 0.1) is 0 Å². The first-order valence-corrected chi connectivity index (χ1v) is 4.00. The largest absolute Gasteiger partial charge is 0.506 e. The van der Waals surface area contributed by atoms with Gasteiger partial charge in [0.05, 0.1) is 13.2 Å². The van der Waals surface area contributed by atoms with Gasteiger partial charge in [0.1, 0.15) is 6.61 Å². The van der Waals surface area contributed by atoms with Gasteiger partial charge in [-0.25, -0.2) is 9.59 Å². The highest BCUT2D eigenvalue weighted by molar-refractivity contribution is 5.58. The van der Waals surface area contributed by atoms with Crippen LogP contribution in [0.25, 0.3) is 0 Å². The Morgan fingerprint density at radius 1 is 1.27 bits per heavy atom. The van der Waals surface area contributed by atoms with Gasteiger partial charge in [-0.3, -0.25) is 0 Å². The van der Waals surface area contributed by atoms with Crippen LogP contribution >= 0.6 is 0 Å². The molecule has 2 N–H and O–H groups in total. The van der Waals surface area contributed by atoms with Gasteiger partial charge in [-0.2, -0.15) is 0 Å². The smallest absolute Gasteiger partial charge is 0.450 e. The number of carbonyl (C=O) groups is 2. The summed E-state index contributed by atoms with van der Waals surface area (Å²) in [6, 6.07) is 0. The molecule has 0 radical (unpaired) electrons. The van der Waals surface area contributed by atoms with Crippen LogP contribution < -0.4 is 0 Å². The van der Waals surface area contributed by atoms with Crippen molar-refractivity contribution in [3.05, 3.63) is 12.7 Å². The monoisotopic (exact) mass is 220 g/mol. The maximum Gasteiger partial charge on any atom is 0.506 e. The molecule has 0 saturated heterocycles. The summed E-state index contributed by atoms with van der Waals surface area (Å²) in [5.41, 5.74) is 0. The van der Waals surface area contributed by atoms with Crippen LogP contribution in [-0.2, 0) is 14.2 Å². The number of carboxylic acid groups (broad SMARTS) is 2. The van der Waals surface area contributed by atoms with Gasteiger partial charge >= 0.3 is 12.3 Å². The zero-order valence-electron chi connectivity index (χ0n) is 7.92. The molecule has 0 aliphatic heterocycles. The second-order valence-corrected chi connectivity index (χ2v) is 2.41. The van der Waals surface area contributed by atoms with Crippen LogP contribution in [-0.4, -0.2) is 48.4 Å². The lowest BCUT2D eigenvalue weighted by atomic mass is 10.4. The highest BCUT2D eigenvalue weighted by atomic mass is 16.7. The van der Waals surface area contributed by atoms with E-state index in [1.165, 1.54) is 6.08 Å². The minimum atomic E-state index is -1.52. The van der Waals surface area contributed by atoms with Crippen molar-refractivity contribution < 1.29 is 34.0 Å². The molecule has 15 heavy (non-hydrogen) atoms. The van der Waals surface area contributed by atoms with Gasteiger partial charge in [-0.15, -0.1) is 6.58 Å². The second-order valence-electron chi connectivity index (χ2n) is 2.41. The number of hydrogen-bond acceptors (Lipinski definition) is 5. The quantitative estimate of drug-likeness (QED) is 0.374. The molecule has 0 aromatic rings. The van der Waals surface area contributed by atoms with E-state index < -0.39 is 25.0 Å². The predicted octanol–water partition coefficient (Wildman–Crippen LogP) is 0.947. The van der Waals surface area contributed by atoms with E-state index in [-0.39, 0.29) is 13.2 Å². The molecular weight excluding hydrogens is 208 g/mol. The standard InChI is InChI=1S/C8H12O7/c1-2-3-13-4-6(15-8(11)12)5-14-7(9)10/h2,6H,1,3-5H2,(H,9,10)(H,11,12). The Morgan fingerprint density at radius 2 is 1.93 bits per heavy atom. The molecule has 0 amide bonds. The summed E-state index contributed by atoms with van der Waals surface area (Å²) in [6.07, 6.45) is -2.52. The minimum Gasteiger partial charge on any atom is -0.450 e. The minimum absolute atomic E-state index is 0.0917. The summed E-state index contributed by atoms with van der Waals surface area (Å²) in [4.78, 5) is 20.2. The fourth-order valence-corrected chi connectivity index (χ4v) is 0.706. The molecule has 1 unspecified atom stereocenters. The van der Waals surface area contributed by atoms with Crippen molar-refractivity contribution in [3.63, 3.8) is 0 Å². The molecule has 0 aliphatic carbocycles. The maximum atomic E-state index is 10.2. The number of hydrogen-bond donors (Lipinski definition) is 2. The maximum absolute atomic E-state index is 10.2. The lowest BCUT2D eigenvalue weighted by Gasteiger charge is -2.14. The first kappa shape index (κ1) is 13.2. The van der Waals surface area contributed by atoms with E-state index in [9.17, 15) is 9.59 Å². The van der Waals surface area contributed by atoms with Crippen molar-refractivity contribution in [2.24, 2.45) is 0 Å². The van der Waals surface area contributed by atoms with E-state index in [0.29, 0.717) is 0 Å². The summed E-state index contributed by atoms with van der Waals surface area (Å²) in [5.74, 6) is 0. The molecule has 1 atom stereocenters. The Bertz CT molecular complexity index is 225. The van der Waals surface area contributed by atoms with Crippen LogP contribution in [0.5, 0.6) is 0 Å². The average molecular weight is 220 g/mol. The molecule has 0 heterocycles. The van der Waals surface area contributed by atoms with Crippen LogP contribution in [0.4, 0.5) is 9.59 Å². The highest BCUT2D eigenvalue weighted by Crippen LogP contribution is 1.96. The molecule has 7 nitrogen and oxygen atoms in total. The van der Waals surface area contributed by atoms with Gasteiger partial charge in [0.25, 0.3) is 0 Å². The normalized spacial score (nSPS) is 11.5. The van der Waals surface area contributed by atoms with E-state index in [1.54, 1.807) is 0 Å². The molecule has 0 spiro atoms. The Morgan fingerprint density at radius 3 is 2.40 bits per heavy atom. The third-order valence-corrected chi connectivity index (χ3v) is 1.20. The van der Waals surface area contributed by atoms with Crippen LogP contribution in [0.2, 0.25) is 0 Å². The molecule has 86 valence electrons. The van der Waals surface area contributed by atoms with Gasteiger partial charge in [0, 0.05) is 0 Å². The molecule has 0 saturated carbocycles. The fourth-order valence-electron chi connectivity index (χ4n) is 0.706. The van der Waals surface area contributed by atoms with E-state index in [2.05, 4.69) is 16.1 Å². The third-order valence-electron chi connectivity index (χ3n) is 1.20. The molecule has 0 aliphatic rings. The van der Waals surface area contributed by atoms with Gasteiger partial charge in [-0.05, 0) is 0 Å². The highest BCUT2D eigenvalue weighted by Gasteiger charge is 2.16. The lowest BCUT2D eigenvalue weighted by Crippen LogP contribution is -2.29. The summed E-state index contributed by atoms with van der Waals surface area (Å²) in [7, 11) is 0. The molecule has 0 aromatic heterocycles. The zero-order valence-corrected chi connectivity index (χ0v) is 7.92. The van der Waals surface area contributed by atoms with Gasteiger partial charge in [0.2, 0.25) is 0 Å². The zero-order chi connectivity index (χ0) is 11.7. The first-order chi connectivity index (χ1) is 7.06. The summed E-state index contributed by atoms with van der Waals surface area (Å²) >= 11 is 0. The van der Waals surface area contributed by atoms with Crippen molar-refractivity contribution >= 4 is 12.3 Å². The summed E-state index contributed by atoms with van der Waals surface area (Å²) in [5, 5.41) is 16.5. The van der Waals surface area contributed by atoms with Crippen LogP contribution in [0.1, 0.15) is 0 Å².